The van der Waals surface area contributed by atoms with E-state index in [1.165, 1.54) is 11.1 Å². The smallest absolute Gasteiger partial charge is 0.101 e. The Morgan fingerprint density at radius 3 is 2.74 bits per heavy atom. The predicted molar refractivity (Wildman–Crippen MR) is 78.9 cm³/mol. The minimum Gasteiger partial charge on any atom is -0.396 e. The SMILES string of the molecule is Cc1cccc(CCNc2cccc(C#N)c2N)c1. The second-order valence-corrected chi connectivity index (χ2v) is 4.54. The molecule has 0 bridgehead atoms. The van der Waals surface area contributed by atoms with Crippen molar-refractivity contribution < 1.29 is 0 Å². The van der Waals surface area contributed by atoms with Crippen molar-refractivity contribution in [2.45, 2.75) is 13.3 Å². The van der Waals surface area contributed by atoms with Gasteiger partial charge in [-0.05, 0) is 31.0 Å². The van der Waals surface area contributed by atoms with Gasteiger partial charge in [-0.15, -0.1) is 0 Å². The van der Waals surface area contributed by atoms with Gasteiger partial charge in [0.1, 0.15) is 6.07 Å². The van der Waals surface area contributed by atoms with Gasteiger partial charge in [-0.25, -0.2) is 0 Å². The van der Waals surface area contributed by atoms with Gasteiger partial charge in [0.15, 0.2) is 0 Å². The van der Waals surface area contributed by atoms with Crippen LogP contribution < -0.4 is 11.1 Å². The van der Waals surface area contributed by atoms with Gasteiger partial charge in [0.2, 0.25) is 0 Å². The van der Waals surface area contributed by atoms with Crippen LogP contribution in [0.25, 0.3) is 0 Å². The Labute approximate surface area is 113 Å². The molecule has 0 spiro atoms. The number of aryl methyl sites for hydroxylation is 1. The number of nitrogens with one attached hydrogen (secondary N) is 1. The fourth-order valence-electron chi connectivity index (χ4n) is 2.03. The zero-order chi connectivity index (χ0) is 13.7. The van der Waals surface area contributed by atoms with Crippen molar-refractivity contribution >= 4 is 11.4 Å². The van der Waals surface area contributed by atoms with Crippen LogP contribution in [0.3, 0.4) is 0 Å². The third-order valence-electron chi connectivity index (χ3n) is 3.04. The number of nitrogens with two attached hydrogens (primary N) is 1. The Morgan fingerprint density at radius 1 is 1.21 bits per heavy atom. The number of benzene rings is 2. The van der Waals surface area contributed by atoms with E-state index in [1.807, 2.05) is 12.1 Å². The fourth-order valence-corrected chi connectivity index (χ4v) is 2.03. The van der Waals surface area contributed by atoms with Gasteiger partial charge in [-0.2, -0.15) is 5.26 Å². The van der Waals surface area contributed by atoms with E-state index in [0.29, 0.717) is 11.3 Å². The highest BCUT2D eigenvalue weighted by molar-refractivity contribution is 5.72. The van der Waals surface area contributed by atoms with Crippen molar-refractivity contribution in [2.75, 3.05) is 17.6 Å². The molecule has 3 nitrogen and oxygen atoms in total. The van der Waals surface area contributed by atoms with E-state index in [4.69, 9.17) is 11.0 Å². The molecular weight excluding hydrogens is 234 g/mol. The molecule has 0 aliphatic heterocycles. The van der Waals surface area contributed by atoms with Crippen molar-refractivity contribution in [3.8, 4) is 6.07 Å². The number of anilines is 2. The zero-order valence-corrected chi connectivity index (χ0v) is 11.0. The zero-order valence-electron chi connectivity index (χ0n) is 11.0. The van der Waals surface area contributed by atoms with Crippen LogP contribution in [0.15, 0.2) is 42.5 Å². The lowest BCUT2D eigenvalue weighted by Gasteiger charge is -2.10. The summed E-state index contributed by atoms with van der Waals surface area (Å²) in [7, 11) is 0. The number of hydrogen-bond donors (Lipinski definition) is 2. The topological polar surface area (TPSA) is 61.8 Å². The Balaban J connectivity index is 1.98. The average molecular weight is 251 g/mol. The predicted octanol–water partition coefficient (Wildman–Crippen LogP) is 3.10. The van der Waals surface area contributed by atoms with Gasteiger partial charge in [0.05, 0.1) is 16.9 Å². The van der Waals surface area contributed by atoms with Gasteiger partial charge >= 0.3 is 0 Å². The largest absolute Gasteiger partial charge is 0.396 e. The molecule has 0 saturated heterocycles. The van der Waals surface area contributed by atoms with E-state index in [0.717, 1.165) is 18.7 Å². The first-order chi connectivity index (χ1) is 9.20. The van der Waals surface area contributed by atoms with Crippen molar-refractivity contribution in [2.24, 2.45) is 0 Å². The molecule has 0 aromatic heterocycles. The van der Waals surface area contributed by atoms with Crippen molar-refractivity contribution in [1.29, 1.82) is 5.26 Å². The van der Waals surface area contributed by atoms with Crippen LogP contribution >= 0.6 is 0 Å². The summed E-state index contributed by atoms with van der Waals surface area (Å²) in [5.74, 6) is 0. The van der Waals surface area contributed by atoms with E-state index in [-0.39, 0.29) is 0 Å². The summed E-state index contributed by atoms with van der Waals surface area (Å²) in [5.41, 5.74) is 10.3. The van der Waals surface area contributed by atoms with E-state index in [1.54, 1.807) is 6.07 Å². The van der Waals surface area contributed by atoms with Gasteiger partial charge < -0.3 is 11.1 Å². The third kappa shape index (κ3) is 3.26. The standard InChI is InChI=1S/C16H17N3/c1-12-4-2-5-13(10-12)8-9-19-15-7-3-6-14(11-17)16(15)18/h2-7,10,19H,8-9,18H2,1H3. The Hall–Kier alpha value is -2.47. The molecular formula is C16H17N3. The average Bonchev–Trinajstić information content (AvgIpc) is 2.41. The maximum Gasteiger partial charge on any atom is 0.101 e. The molecule has 0 unspecified atom stereocenters. The van der Waals surface area contributed by atoms with Crippen LogP contribution in [-0.2, 0) is 6.42 Å². The number of nitrogen functional groups attached to an aromatic ring is 1. The lowest BCUT2D eigenvalue weighted by atomic mass is 10.1. The monoisotopic (exact) mass is 251 g/mol. The van der Waals surface area contributed by atoms with Crippen LogP contribution in [0.5, 0.6) is 0 Å². The number of para-hydroxylation sites is 1. The number of nitriles is 1. The molecule has 2 aromatic rings. The molecule has 0 aliphatic rings. The number of rotatable bonds is 4. The summed E-state index contributed by atoms with van der Waals surface area (Å²) in [6, 6.07) is 16.0. The first-order valence-corrected chi connectivity index (χ1v) is 6.28. The van der Waals surface area contributed by atoms with Gasteiger partial charge in [0.25, 0.3) is 0 Å². The summed E-state index contributed by atoms with van der Waals surface area (Å²) < 4.78 is 0. The summed E-state index contributed by atoms with van der Waals surface area (Å²) in [5, 5.41) is 12.2. The van der Waals surface area contributed by atoms with Crippen LogP contribution in [0.1, 0.15) is 16.7 Å². The molecule has 0 heterocycles. The van der Waals surface area contributed by atoms with Gasteiger partial charge in [0, 0.05) is 6.54 Å². The second kappa shape index (κ2) is 5.92. The Kier molecular flexibility index (Phi) is 4.04. The molecule has 2 aromatic carbocycles. The number of hydrogen-bond acceptors (Lipinski definition) is 3. The number of nitrogens with zero attached hydrogens (tertiary/aromatic N) is 1. The maximum absolute atomic E-state index is 8.92. The lowest BCUT2D eigenvalue weighted by Crippen LogP contribution is -2.07. The second-order valence-electron chi connectivity index (χ2n) is 4.54. The minimum atomic E-state index is 0.514. The van der Waals surface area contributed by atoms with Crippen molar-refractivity contribution in [1.82, 2.24) is 0 Å². The molecule has 0 saturated carbocycles. The Morgan fingerprint density at radius 2 is 2.00 bits per heavy atom. The van der Waals surface area contributed by atoms with Crippen LogP contribution in [0, 0.1) is 18.3 Å². The van der Waals surface area contributed by atoms with Crippen molar-refractivity contribution in [3.05, 3.63) is 59.2 Å². The van der Waals surface area contributed by atoms with Gasteiger partial charge in [-0.1, -0.05) is 35.9 Å². The van der Waals surface area contributed by atoms with Gasteiger partial charge in [-0.3, -0.25) is 0 Å². The van der Waals surface area contributed by atoms with E-state index < -0.39 is 0 Å². The van der Waals surface area contributed by atoms with E-state index >= 15 is 0 Å². The molecule has 0 amide bonds. The molecule has 19 heavy (non-hydrogen) atoms. The summed E-state index contributed by atoms with van der Waals surface area (Å²) >= 11 is 0. The molecule has 0 radical (unpaired) electrons. The molecule has 96 valence electrons. The molecule has 0 fully saturated rings. The van der Waals surface area contributed by atoms with Crippen LogP contribution in [0.2, 0.25) is 0 Å². The first kappa shape index (κ1) is 13.0. The first-order valence-electron chi connectivity index (χ1n) is 6.28. The normalized spacial score (nSPS) is 9.89. The maximum atomic E-state index is 8.92. The van der Waals surface area contributed by atoms with Crippen LogP contribution in [-0.4, -0.2) is 6.54 Å². The highest BCUT2D eigenvalue weighted by Crippen LogP contribution is 2.21. The molecule has 3 N–H and O–H groups in total. The summed E-state index contributed by atoms with van der Waals surface area (Å²) in [4.78, 5) is 0. The molecule has 0 aliphatic carbocycles. The van der Waals surface area contributed by atoms with E-state index in [9.17, 15) is 0 Å². The molecule has 2 rings (SSSR count). The van der Waals surface area contributed by atoms with E-state index in [2.05, 4.69) is 42.6 Å². The highest BCUT2D eigenvalue weighted by atomic mass is 14.9. The quantitative estimate of drug-likeness (QED) is 0.821. The summed E-state index contributed by atoms with van der Waals surface area (Å²) in [6.45, 7) is 2.88. The fraction of sp³-hybridized carbons (Fsp3) is 0.188. The highest BCUT2D eigenvalue weighted by Gasteiger charge is 2.03. The minimum absolute atomic E-state index is 0.514. The van der Waals surface area contributed by atoms with Crippen molar-refractivity contribution in [3.63, 3.8) is 0 Å². The summed E-state index contributed by atoms with van der Waals surface area (Å²) in [6.07, 6.45) is 0.928. The van der Waals surface area contributed by atoms with Crippen LogP contribution in [0.4, 0.5) is 11.4 Å². The molecule has 0 atom stereocenters. The molecule has 3 heteroatoms. The third-order valence-corrected chi connectivity index (χ3v) is 3.04. The Bertz CT molecular complexity index is 612. The lowest BCUT2D eigenvalue weighted by molar-refractivity contribution is 1.02.